The van der Waals surface area contributed by atoms with E-state index in [1.807, 2.05) is 4.90 Å². The Bertz CT molecular complexity index is 488. The molecule has 174 valence electrons. The monoisotopic (exact) mass is 424 g/mol. The van der Waals surface area contributed by atoms with Crippen LogP contribution in [-0.2, 0) is 14.4 Å². The predicted molar refractivity (Wildman–Crippen MR) is 120 cm³/mol. The van der Waals surface area contributed by atoms with Crippen LogP contribution in [0.25, 0.3) is 0 Å². The minimum atomic E-state index is -0.679. The lowest BCUT2D eigenvalue weighted by atomic mass is 9.96. The van der Waals surface area contributed by atoms with Crippen LogP contribution in [0.5, 0.6) is 0 Å². The van der Waals surface area contributed by atoms with Gasteiger partial charge < -0.3 is 15.7 Å². The van der Waals surface area contributed by atoms with E-state index in [-0.39, 0.29) is 17.7 Å². The second-order valence-corrected chi connectivity index (χ2v) is 8.90. The van der Waals surface area contributed by atoms with E-state index < -0.39 is 5.97 Å². The van der Waals surface area contributed by atoms with Gasteiger partial charge in [-0.3, -0.25) is 14.4 Å². The molecule has 0 aromatic heterocycles. The third kappa shape index (κ3) is 13.6. The van der Waals surface area contributed by atoms with Gasteiger partial charge >= 0.3 is 5.97 Å². The molecular formula is C24H44N2O4. The molecule has 0 aromatic rings. The first-order valence-electron chi connectivity index (χ1n) is 12.3. The summed E-state index contributed by atoms with van der Waals surface area (Å²) in [7, 11) is 0. The second kappa shape index (κ2) is 17.1. The Balaban J connectivity index is 1.80. The van der Waals surface area contributed by atoms with E-state index in [2.05, 4.69) is 0 Å². The number of carbonyl (C=O) groups excluding carboxylic acids is 2. The fraction of sp³-hybridized carbons (Fsp3) is 0.875. The number of primary amides is 1. The molecule has 0 radical (unpaired) electrons. The molecule has 0 saturated carbocycles. The Morgan fingerprint density at radius 2 is 1.03 bits per heavy atom. The molecule has 1 fully saturated rings. The number of nitrogens with zero attached hydrogens (tertiary/aromatic N) is 1. The Morgan fingerprint density at radius 1 is 0.667 bits per heavy atom. The Labute approximate surface area is 183 Å². The Kier molecular flexibility index (Phi) is 15.1. The van der Waals surface area contributed by atoms with Crippen LogP contribution in [0, 0.1) is 5.92 Å². The van der Waals surface area contributed by atoms with Gasteiger partial charge in [0.15, 0.2) is 0 Å². The lowest BCUT2D eigenvalue weighted by Gasteiger charge is -2.30. The standard InChI is InChI=1S/C24H44N2O4/c25-24(30)21-17-19-26(20-18-21)22(27)15-13-11-9-7-5-3-1-2-4-6-8-10-12-14-16-23(28)29/h21H,1-20H2,(H2,25,30)(H,28,29). The summed E-state index contributed by atoms with van der Waals surface area (Å²) in [6, 6.07) is 0. The fourth-order valence-corrected chi connectivity index (χ4v) is 4.25. The minimum absolute atomic E-state index is 0.0514. The molecule has 6 heteroatoms. The van der Waals surface area contributed by atoms with Gasteiger partial charge in [-0.15, -0.1) is 0 Å². The fourth-order valence-electron chi connectivity index (χ4n) is 4.25. The van der Waals surface area contributed by atoms with Crippen LogP contribution >= 0.6 is 0 Å². The van der Waals surface area contributed by atoms with Gasteiger partial charge in [-0.25, -0.2) is 0 Å². The van der Waals surface area contributed by atoms with Crippen LogP contribution in [0.2, 0.25) is 0 Å². The van der Waals surface area contributed by atoms with Gasteiger partial charge in [0.1, 0.15) is 0 Å². The number of hydrogen-bond acceptors (Lipinski definition) is 3. The summed E-state index contributed by atoms with van der Waals surface area (Å²) in [5.41, 5.74) is 5.34. The normalized spacial score (nSPS) is 14.7. The first-order chi connectivity index (χ1) is 14.5. The zero-order valence-electron chi connectivity index (χ0n) is 18.9. The lowest BCUT2D eigenvalue weighted by molar-refractivity contribution is -0.137. The summed E-state index contributed by atoms with van der Waals surface area (Å²) in [6.45, 7) is 1.36. The summed E-state index contributed by atoms with van der Waals surface area (Å²) >= 11 is 0. The van der Waals surface area contributed by atoms with E-state index in [0.717, 1.165) is 25.7 Å². The summed E-state index contributed by atoms with van der Waals surface area (Å²) < 4.78 is 0. The highest BCUT2D eigenvalue weighted by Gasteiger charge is 2.25. The van der Waals surface area contributed by atoms with Gasteiger partial charge in [0.2, 0.25) is 11.8 Å². The van der Waals surface area contributed by atoms with Crippen molar-refractivity contribution in [3.63, 3.8) is 0 Å². The van der Waals surface area contributed by atoms with Crippen molar-refractivity contribution in [2.45, 2.75) is 116 Å². The molecule has 1 aliphatic rings. The summed E-state index contributed by atoms with van der Waals surface area (Å²) in [4.78, 5) is 35.7. The zero-order valence-corrected chi connectivity index (χ0v) is 18.9. The molecule has 6 nitrogen and oxygen atoms in total. The summed E-state index contributed by atoms with van der Waals surface area (Å²) in [5.74, 6) is -0.724. The van der Waals surface area contributed by atoms with Gasteiger partial charge in [-0.2, -0.15) is 0 Å². The number of nitrogens with two attached hydrogens (primary N) is 1. The number of carbonyl (C=O) groups is 3. The van der Waals surface area contributed by atoms with Crippen molar-refractivity contribution in [3.05, 3.63) is 0 Å². The van der Waals surface area contributed by atoms with E-state index >= 15 is 0 Å². The summed E-state index contributed by atoms with van der Waals surface area (Å²) in [6.07, 6.45) is 19.1. The van der Waals surface area contributed by atoms with Gasteiger partial charge in [-0.1, -0.05) is 77.0 Å². The number of carboxylic acids is 1. The van der Waals surface area contributed by atoms with Crippen LogP contribution in [0.4, 0.5) is 0 Å². The third-order valence-corrected chi connectivity index (χ3v) is 6.28. The molecule has 1 heterocycles. The van der Waals surface area contributed by atoms with Crippen LogP contribution < -0.4 is 5.73 Å². The average molecular weight is 425 g/mol. The maximum Gasteiger partial charge on any atom is 0.303 e. The number of aliphatic carboxylic acids is 1. The third-order valence-electron chi connectivity index (χ3n) is 6.28. The highest BCUT2D eigenvalue weighted by molar-refractivity contribution is 5.78. The predicted octanol–water partition coefficient (Wildman–Crippen LogP) is 5.04. The quantitative estimate of drug-likeness (QED) is 0.301. The smallest absolute Gasteiger partial charge is 0.303 e. The van der Waals surface area contributed by atoms with E-state index in [9.17, 15) is 14.4 Å². The highest BCUT2D eigenvalue weighted by Crippen LogP contribution is 2.18. The molecule has 0 bridgehead atoms. The highest BCUT2D eigenvalue weighted by atomic mass is 16.4. The van der Waals surface area contributed by atoms with Crippen molar-refractivity contribution in [1.29, 1.82) is 0 Å². The van der Waals surface area contributed by atoms with Gasteiger partial charge in [-0.05, 0) is 25.7 Å². The van der Waals surface area contributed by atoms with Crippen molar-refractivity contribution in [2.75, 3.05) is 13.1 Å². The molecule has 2 amide bonds. The molecule has 0 aromatic carbocycles. The lowest BCUT2D eigenvalue weighted by Crippen LogP contribution is -2.41. The maximum absolute atomic E-state index is 12.2. The minimum Gasteiger partial charge on any atom is -0.481 e. The number of likely N-dealkylation sites (tertiary alicyclic amines) is 1. The first-order valence-corrected chi connectivity index (χ1v) is 12.3. The average Bonchev–Trinajstić information content (AvgIpc) is 2.73. The molecule has 0 aliphatic carbocycles. The van der Waals surface area contributed by atoms with Crippen LogP contribution in [0.3, 0.4) is 0 Å². The molecule has 30 heavy (non-hydrogen) atoms. The van der Waals surface area contributed by atoms with Crippen molar-refractivity contribution in [3.8, 4) is 0 Å². The number of rotatable bonds is 18. The molecule has 0 spiro atoms. The maximum atomic E-state index is 12.2. The molecule has 1 saturated heterocycles. The van der Waals surface area contributed by atoms with Crippen LogP contribution in [-0.4, -0.2) is 40.9 Å². The second-order valence-electron chi connectivity index (χ2n) is 8.90. The SMILES string of the molecule is NC(=O)C1CCN(C(=O)CCCCCCCCCCCCCCCCC(=O)O)CC1. The number of unbranched alkanes of at least 4 members (excludes halogenated alkanes) is 13. The van der Waals surface area contributed by atoms with Gasteiger partial charge in [0.25, 0.3) is 0 Å². The molecular weight excluding hydrogens is 380 g/mol. The van der Waals surface area contributed by atoms with Crippen molar-refractivity contribution in [2.24, 2.45) is 11.7 Å². The number of amides is 2. The number of hydrogen-bond donors (Lipinski definition) is 2. The Hall–Kier alpha value is -1.59. The van der Waals surface area contributed by atoms with Crippen molar-refractivity contribution < 1.29 is 19.5 Å². The molecule has 3 N–H and O–H groups in total. The summed E-state index contributed by atoms with van der Waals surface area (Å²) in [5, 5.41) is 8.58. The number of carboxylic acid groups (broad SMARTS) is 1. The zero-order chi connectivity index (χ0) is 22.0. The molecule has 1 rings (SSSR count). The topological polar surface area (TPSA) is 101 Å². The molecule has 1 aliphatic heterocycles. The molecule has 0 atom stereocenters. The van der Waals surface area contributed by atoms with E-state index in [1.54, 1.807) is 0 Å². The van der Waals surface area contributed by atoms with Crippen LogP contribution in [0.15, 0.2) is 0 Å². The van der Waals surface area contributed by atoms with Gasteiger partial charge in [0.05, 0.1) is 0 Å². The Morgan fingerprint density at radius 3 is 1.40 bits per heavy atom. The van der Waals surface area contributed by atoms with Gasteiger partial charge in [0, 0.05) is 31.8 Å². The largest absolute Gasteiger partial charge is 0.481 e. The number of piperidine rings is 1. The van der Waals surface area contributed by atoms with Crippen LogP contribution in [0.1, 0.15) is 116 Å². The van der Waals surface area contributed by atoms with Crippen molar-refractivity contribution >= 4 is 17.8 Å². The molecule has 0 unspecified atom stereocenters. The van der Waals surface area contributed by atoms with E-state index in [0.29, 0.717) is 38.8 Å². The van der Waals surface area contributed by atoms with Crippen molar-refractivity contribution in [1.82, 2.24) is 4.90 Å². The van der Waals surface area contributed by atoms with E-state index in [4.69, 9.17) is 10.8 Å². The van der Waals surface area contributed by atoms with E-state index in [1.165, 1.54) is 64.2 Å². The first kappa shape index (κ1) is 26.4.